The number of nitrogens with one attached hydrogen (secondary N) is 1. The van der Waals surface area contributed by atoms with Gasteiger partial charge in [-0.3, -0.25) is 9.59 Å². The minimum absolute atomic E-state index is 0.0201. The molecule has 3 N–H and O–H groups in total. The van der Waals surface area contributed by atoms with Crippen molar-refractivity contribution in [1.82, 2.24) is 5.32 Å². The third kappa shape index (κ3) is 65.7. The van der Waals surface area contributed by atoms with Gasteiger partial charge in [0, 0.05) is 12.8 Å². The van der Waals surface area contributed by atoms with Crippen molar-refractivity contribution in [3.63, 3.8) is 0 Å². The highest BCUT2D eigenvalue weighted by Crippen LogP contribution is 2.20. The van der Waals surface area contributed by atoms with E-state index in [4.69, 9.17) is 4.74 Å². The smallest absolute Gasteiger partial charge is 0.305 e. The van der Waals surface area contributed by atoms with E-state index in [0.717, 1.165) is 38.5 Å². The number of carbonyl (C=O) groups is 2. The normalized spacial score (nSPS) is 12.5. The molecular formula is C74H145NO5. The Labute approximate surface area is 501 Å². The first-order valence-electron chi connectivity index (χ1n) is 36.9. The van der Waals surface area contributed by atoms with Crippen LogP contribution in [0.4, 0.5) is 0 Å². The molecule has 0 aliphatic rings. The molecule has 2 unspecified atom stereocenters. The Morgan fingerprint density at radius 3 is 0.887 bits per heavy atom. The molecule has 476 valence electrons. The summed E-state index contributed by atoms with van der Waals surface area (Å²) < 4.78 is 5.51. The van der Waals surface area contributed by atoms with Crippen LogP contribution in [0.3, 0.4) is 0 Å². The summed E-state index contributed by atoms with van der Waals surface area (Å²) in [4.78, 5) is 24.6. The maximum atomic E-state index is 12.5. The SMILES string of the molecule is CCCCCCCC/C=C\CCCCCCCCCC(=O)OCCCCCCCCCCCCCCCCCCCCCCCCCCCCCCCCCCCCCC(=O)NC(CO)C(O)CCCCCCCCCCCCC. The molecule has 6 heteroatoms. The topological polar surface area (TPSA) is 95.9 Å². The number of hydrogen-bond acceptors (Lipinski definition) is 5. The summed E-state index contributed by atoms with van der Waals surface area (Å²) in [6.45, 7) is 4.98. The lowest BCUT2D eigenvalue weighted by Gasteiger charge is -2.22. The molecule has 0 aromatic carbocycles. The van der Waals surface area contributed by atoms with Gasteiger partial charge in [0.15, 0.2) is 0 Å². The van der Waals surface area contributed by atoms with Crippen molar-refractivity contribution >= 4 is 11.9 Å². The Balaban J connectivity index is 3.27. The number of ether oxygens (including phenoxy) is 1. The predicted octanol–water partition coefficient (Wildman–Crippen LogP) is 23.9. The molecule has 2 atom stereocenters. The predicted molar refractivity (Wildman–Crippen MR) is 352 cm³/mol. The van der Waals surface area contributed by atoms with Crippen LogP contribution in [0, 0.1) is 0 Å². The van der Waals surface area contributed by atoms with Crippen LogP contribution in [0.5, 0.6) is 0 Å². The number of aliphatic hydroxyl groups excluding tert-OH is 2. The van der Waals surface area contributed by atoms with Gasteiger partial charge in [0.2, 0.25) is 5.91 Å². The van der Waals surface area contributed by atoms with Crippen molar-refractivity contribution < 1.29 is 24.5 Å². The molecule has 0 aromatic rings. The van der Waals surface area contributed by atoms with Gasteiger partial charge in [-0.2, -0.15) is 0 Å². The fourth-order valence-electron chi connectivity index (χ4n) is 11.9. The average molecular weight is 1130 g/mol. The van der Waals surface area contributed by atoms with Gasteiger partial charge >= 0.3 is 5.97 Å². The van der Waals surface area contributed by atoms with Gasteiger partial charge in [0.25, 0.3) is 0 Å². The van der Waals surface area contributed by atoms with Crippen molar-refractivity contribution in [2.24, 2.45) is 0 Å². The van der Waals surface area contributed by atoms with E-state index in [1.165, 1.54) is 353 Å². The Bertz CT molecular complexity index is 1210. The monoisotopic (exact) mass is 1130 g/mol. The minimum Gasteiger partial charge on any atom is -0.466 e. The first-order valence-corrected chi connectivity index (χ1v) is 36.9. The molecule has 0 spiro atoms. The zero-order chi connectivity index (χ0) is 57.8. The summed E-state index contributed by atoms with van der Waals surface area (Å²) in [5.74, 6) is -0.00804. The number of allylic oxidation sites excluding steroid dienone is 2. The third-order valence-electron chi connectivity index (χ3n) is 17.6. The molecule has 0 aromatic heterocycles. The van der Waals surface area contributed by atoms with Crippen molar-refractivity contribution in [3.05, 3.63) is 12.2 Å². The maximum absolute atomic E-state index is 12.5. The van der Waals surface area contributed by atoms with Gasteiger partial charge in [-0.1, -0.05) is 373 Å². The van der Waals surface area contributed by atoms with Crippen LogP contribution in [0.1, 0.15) is 425 Å². The molecule has 0 fully saturated rings. The lowest BCUT2D eigenvalue weighted by Crippen LogP contribution is -2.45. The number of unbranched alkanes of at least 4 members (excludes halogenated alkanes) is 57. The Kier molecular flexibility index (Phi) is 68.9. The minimum atomic E-state index is -0.658. The van der Waals surface area contributed by atoms with E-state index in [2.05, 4.69) is 31.3 Å². The zero-order valence-electron chi connectivity index (χ0n) is 54.6. The molecule has 0 aliphatic carbocycles. The van der Waals surface area contributed by atoms with Gasteiger partial charge in [0.05, 0.1) is 25.4 Å². The van der Waals surface area contributed by atoms with Crippen molar-refractivity contribution in [2.45, 2.75) is 437 Å². The largest absolute Gasteiger partial charge is 0.466 e. The quantitative estimate of drug-likeness (QED) is 0.0320. The highest BCUT2D eigenvalue weighted by Gasteiger charge is 2.20. The molecule has 0 radical (unpaired) electrons. The van der Waals surface area contributed by atoms with E-state index in [-0.39, 0.29) is 18.5 Å². The van der Waals surface area contributed by atoms with E-state index < -0.39 is 12.1 Å². The number of hydrogen-bond donors (Lipinski definition) is 3. The van der Waals surface area contributed by atoms with Crippen LogP contribution >= 0.6 is 0 Å². The summed E-state index contributed by atoms with van der Waals surface area (Å²) in [5.41, 5.74) is 0. The second-order valence-electron chi connectivity index (χ2n) is 25.6. The number of aliphatic hydroxyl groups is 2. The Morgan fingerprint density at radius 2 is 0.588 bits per heavy atom. The number of carbonyl (C=O) groups excluding carboxylic acids is 2. The molecule has 6 nitrogen and oxygen atoms in total. The van der Waals surface area contributed by atoms with E-state index in [1.807, 2.05) is 0 Å². The molecule has 0 rings (SSSR count). The van der Waals surface area contributed by atoms with Crippen LogP contribution in [-0.4, -0.2) is 47.4 Å². The number of amides is 1. The molecule has 80 heavy (non-hydrogen) atoms. The lowest BCUT2D eigenvalue weighted by atomic mass is 10.0. The third-order valence-corrected chi connectivity index (χ3v) is 17.6. The van der Waals surface area contributed by atoms with E-state index >= 15 is 0 Å². The van der Waals surface area contributed by atoms with E-state index in [0.29, 0.717) is 25.9 Å². The molecular weight excluding hydrogens is 983 g/mol. The molecule has 0 saturated carbocycles. The van der Waals surface area contributed by atoms with E-state index in [1.54, 1.807) is 0 Å². The zero-order valence-corrected chi connectivity index (χ0v) is 54.6. The molecule has 0 saturated heterocycles. The molecule has 0 aliphatic heterocycles. The van der Waals surface area contributed by atoms with Crippen molar-refractivity contribution in [3.8, 4) is 0 Å². The van der Waals surface area contributed by atoms with Crippen LogP contribution in [0.2, 0.25) is 0 Å². The number of rotatable bonds is 70. The highest BCUT2D eigenvalue weighted by molar-refractivity contribution is 5.76. The standard InChI is InChI=1S/C74H145NO5/c1-3-5-7-9-11-13-15-16-17-37-41-44-48-52-56-60-64-68-74(79)80-69-65-61-57-53-49-45-42-39-36-34-32-30-28-26-24-22-20-18-19-21-23-25-27-29-31-33-35-38-40-43-47-51-55-59-63-67-73(78)75-71(70-76)72(77)66-62-58-54-50-46-14-12-10-8-6-4-2/h16-17,71-72,76-77H,3-15,18-70H2,1-2H3,(H,75,78)/b17-16-. The van der Waals surface area contributed by atoms with Crippen LogP contribution in [-0.2, 0) is 14.3 Å². The van der Waals surface area contributed by atoms with Crippen molar-refractivity contribution in [1.29, 1.82) is 0 Å². The molecule has 0 heterocycles. The van der Waals surface area contributed by atoms with Gasteiger partial charge in [-0.15, -0.1) is 0 Å². The maximum Gasteiger partial charge on any atom is 0.305 e. The second kappa shape index (κ2) is 70.1. The first-order chi connectivity index (χ1) is 39.5. The van der Waals surface area contributed by atoms with Gasteiger partial charge in [0.1, 0.15) is 0 Å². The summed E-state index contributed by atoms with van der Waals surface area (Å²) in [6, 6.07) is -0.535. The van der Waals surface area contributed by atoms with Gasteiger partial charge < -0.3 is 20.3 Å². The fraction of sp³-hybridized carbons (Fsp3) is 0.946. The Hall–Kier alpha value is -1.40. The van der Waals surface area contributed by atoms with E-state index in [9.17, 15) is 19.8 Å². The fourth-order valence-corrected chi connectivity index (χ4v) is 11.9. The lowest BCUT2D eigenvalue weighted by molar-refractivity contribution is -0.143. The Morgan fingerprint density at radius 1 is 0.338 bits per heavy atom. The van der Waals surface area contributed by atoms with Gasteiger partial charge in [-0.25, -0.2) is 0 Å². The molecule has 1 amide bonds. The second-order valence-corrected chi connectivity index (χ2v) is 25.6. The van der Waals surface area contributed by atoms with Crippen LogP contribution in [0.25, 0.3) is 0 Å². The summed E-state index contributed by atoms with van der Waals surface area (Å²) >= 11 is 0. The van der Waals surface area contributed by atoms with Gasteiger partial charge in [-0.05, 0) is 51.4 Å². The van der Waals surface area contributed by atoms with Crippen molar-refractivity contribution in [2.75, 3.05) is 13.2 Å². The summed E-state index contributed by atoms with van der Waals surface area (Å²) in [7, 11) is 0. The van der Waals surface area contributed by atoms with Crippen LogP contribution < -0.4 is 5.32 Å². The highest BCUT2D eigenvalue weighted by atomic mass is 16.5. The van der Waals surface area contributed by atoms with Crippen LogP contribution in [0.15, 0.2) is 12.2 Å². The summed E-state index contributed by atoms with van der Waals surface area (Å²) in [6.07, 6.45) is 87.3. The molecule has 0 bridgehead atoms. The number of esters is 1. The summed E-state index contributed by atoms with van der Waals surface area (Å²) in [5, 5.41) is 23.2. The first kappa shape index (κ1) is 78.6. The average Bonchev–Trinajstić information content (AvgIpc) is 3.46.